The number of aryl methyl sites for hydroxylation is 1. The Morgan fingerprint density at radius 2 is 1.82 bits per heavy atom. The number of aromatic nitrogens is 1. The molecule has 7 nitrogen and oxygen atoms in total. The Morgan fingerprint density at radius 3 is 2.56 bits per heavy atom. The number of nitrogens with one attached hydrogen (secondary N) is 1. The van der Waals surface area contributed by atoms with Crippen LogP contribution in [0.25, 0.3) is 17.0 Å². The third kappa shape index (κ3) is 6.23. The number of benzene rings is 3. The van der Waals surface area contributed by atoms with Gasteiger partial charge in [0.05, 0.1) is 11.4 Å². The summed E-state index contributed by atoms with van der Waals surface area (Å²) in [4.78, 5) is 39.2. The highest BCUT2D eigenvalue weighted by molar-refractivity contribution is 9.10. The van der Waals surface area contributed by atoms with E-state index < -0.39 is 29.4 Å². The number of nitrogens with zero attached hydrogens (tertiary/aromatic N) is 2. The van der Waals surface area contributed by atoms with Crippen LogP contribution < -0.4 is 10.1 Å². The number of hydrogen-bond acceptors (Lipinski definition) is 5. The van der Waals surface area contributed by atoms with Gasteiger partial charge in [-0.15, -0.1) is 0 Å². The van der Waals surface area contributed by atoms with E-state index in [4.69, 9.17) is 4.74 Å². The van der Waals surface area contributed by atoms with E-state index in [0.717, 1.165) is 48.9 Å². The Labute approximate surface area is 236 Å². The fraction of sp³-hybridized carbons (Fsp3) is 0.138. The summed E-state index contributed by atoms with van der Waals surface area (Å²) in [5.41, 5.74) is 3.25. The second-order valence-corrected chi connectivity index (χ2v) is 10.8. The van der Waals surface area contributed by atoms with Gasteiger partial charge in [0.1, 0.15) is 24.7 Å². The lowest BCUT2D eigenvalue weighted by Crippen LogP contribution is -2.36. The third-order valence-electron chi connectivity index (χ3n) is 6.09. The van der Waals surface area contributed by atoms with Crippen molar-refractivity contribution >= 4 is 67.4 Å². The fourth-order valence-corrected chi connectivity index (χ4v) is 5.34. The van der Waals surface area contributed by atoms with Gasteiger partial charge in [0.2, 0.25) is 5.91 Å². The summed E-state index contributed by atoms with van der Waals surface area (Å²) in [7, 11) is 0. The molecule has 0 spiro atoms. The number of amides is 3. The molecule has 0 unspecified atom stereocenters. The summed E-state index contributed by atoms with van der Waals surface area (Å²) in [6.45, 7) is 2.60. The number of hydrogen-bond donors (Lipinski definition) is 1. The Balaban J connectivity index is 1.32. The maximum atomic E-state index is 13.1. The van der Waals surface area contributed by atoms with Crippen LogP contribution in [0.5, 0.6) is 5.75 Å². The highest BCUT2D eigenvalue weighted by Crippen LogP contribution is 2.35. The number of carbonyl (C=O) groups excluding carboxylic acids is 3. The van der Waals surface area contributed by atoms with Gasteiger partial charge in [0.25, 0.3) is 11.1 Å². The van der Waals surface area contributed by atoms with Gasteiger partial charge in [-0.3, -0.25) is 19.3 Å². The Bertz CT molecular complexity index is 1600. The number of rotatable bonds is 8. The average molecular weight is 608 g/mol. The van der Waals surface area contributed by atoms with Crippen molar-refractivity contribution in [3.05, 3.63) is 99.2 Å². The van der Waals surface area contributed by atoms with E-state index in [1.54, 1.807) is 6.08 Å². The maximum Gasteiger partial charge on any atom is 0.294 e. The maximum absolute atomic E-state index is 13.1. The van der Waals surface area contributed by atoms with Crippen molar-refractivity contribution in [1.29, 1.82) is 0 Å². The van der Waals surface area contributed by atoms with Gasteiger partial charge in [-0.2, -0.15) is 0 Å². The first kappa shape index (κ1) is 26.7. The van der Waals surface area contributed by atoms with Crippen molar-refractivity contribution in [2.45, 2.75) is 13.5 Å². The molecule has 0 atom stereocenters. The first-order chi connectivity index (χ1) is 18.8. The SMILES string of the molecule is Cc1ccc(OCCn2cc(/C=C3\SC(=O)N(CC(=O)Nc4ccc(F)cc4)C3=O)c3cc(Br)ccc32)cc1. The third-order valence-corrected chi connectivity index (χ3v) is 7.49. The number of ether oxygens (including phenoxy) is 1. The summed E-state index contributed by atoms with van der Waals surface area (Å²) >= 11 is 4.30. The van der Waals surface area contributed by atoms with E-state index in [9.17, 15) is 18.8 Å². The van der Waals surface area contributed by atoms with Crippen LogP contribution in [0.1, 0.15) is 11.1 Å². The summed E-state index contributed by atoms with van der Waals surface area (Å²) in [5, 5.41) is 2.94. The van der Waals surface area contributed by atoms with Crippen molar-refractivity contribution in [2.24, 2.45) is 0 Å². The lowest BCUT2D eigenvalue weighted by Gasteiger charge is -2.12. The normalized spacial score (nSPS) is 14.4. The minimum absolute atomic E-state index is 0.226. The number of fused-ring (bicyclic) bond motifs is 1. The van der Waals surface area contributed by atoms with Gasteiger partial charge >= 0.3 is 0 Å². The van der Waals surface area contributed by atoms with Crippen LogP contribution in [0, 0.1) is 12.7 Å². The summed E-state index contributed by atoms with van der Waals surface area (Å²) in [6.07, 6.45) is 3.60. The molecule has 1 aromatic heterocycles. The lowest BCUT2D eigenvalue weighted by atomic mass is 10.1. The molecule has 198 valence electrons. The van der Waals surface area contributed by atoms with Crippen molar-refractivity contribution in [2.75, 3.05) is 18.5 Å². The molecule has 39 heavy (non-hydrogen) atoms. The van der Waals surface area contributed by atoms with E-state index >= 15 is 0 Å². The molecule has 1 saturated heterocycles. The highest BCUT2D eigenvalue weighted by atomic mass is 79.9. The molecule has 1 aliphatic heterocycles. The number of imide groups is 1. The van der Waals surface area contributed by atoms with E-state index in [2.05, 4.69) is 21.2 Å². The molecule has 1 fully saturated rings. The van der Waals surface area contributed by atoms with E-state index in [1.807, 2.05) is 60.2 Å². The molecular weight excluding hydrogens is 585 g/mol. The van der Waals surface area contributed by atoms with Crippen molar-refractivity contribution in [3.8, 4) is 5.75 Å². The first-order valence-electron chi connectivity index (χ1n) is 12.1. The second-order valence-electron chi connectivity index (χ2n) is 8.92. The molecule has 1 N–H and O–H groups in total. The average Bonchev–Trinajstić information content (AvgIpc) is 3.37. The summed E-state index contributed by atoms with van der Waals surface area (Å²) in [6, 6.07) is 19.0. The minimum Gasteiger partial charge on any atom is -0.492 e. The Kier molecular flexibility index (Phi) is 7.85. The Hall–Kier alpha value is -3.89. The molecule has 0 aliphatic carbocycles. The molecule has 0 bridgehead atoms. The molecule has 2 heterocycles. The number of anilines is 1. The molecular formula is C29H23BrFN3O4S. The van der Waals surface area contributed by atoms with Crippen LogP contribution in [0.3, 0.4) is 0 Å². The van der Waals surface area contributed by atoms with E-state index in [-0.39, 0.29) is 4.91 Å². The number of thioether (sulfide) groups is 1. The van der Waals surface area contributed by atoms with Gasteiger partial charge in [0, 0.05) is 32.8 Å². The van der Waals surface area contributed by atoms with Gasteiger partial charge < -0.3 is 14.6 Å². The van der Waals surface area contributed by atoms with Crippen LogP contribution in [0.4, 0.5) is 14.9 Å². The fourth-order valence-electron chi connectivity index (χ4n) is 4.15. The van der Waals surface area contributed by atoms with Crippen LogP contribution >= 0.6 is 27.7 Å². The van der Waals surface area contributed by atoms with Gasteiger partial charge in [-0.25, -0.2) is 4.39 Å². The molecule has 4 aromatic rings. The predicted molar refractivity (Wildman–Crippen MR) is 154 cm³/mol. The number of carbonyl (C=O) groups is 3. The van der Waals surface area contributed by atoms with Crippen LogP contribution in [0.15, 0.2) is 82.3 Å². The predicted octanol–water partition coefficient (Wildman–Crippen LogP) is 6.61. The quantitative estimate of drug-likeness (QED) is 0.228. The zero-order valence-corrected chi connectivity index (χ0v) is 23.2. The minimum atomic E-state index is -0.556. The van der Waals surface area contributed by atoms with Crippen molar-refractivity contribution in [1.82, 2.24) is 9.47 Å². The molecule has 3 aromatic carbocycles. The van der Waals surface area contributed by atoms with E-state index in [0.29, 0.717) is 18.8 Å². The zero-order valence-electron chi connectivity index (χ0n) is 20.8. The molecule has 1 aliphatic rings. The zero-order chi connectivity index (χ0) is 27.5. The first-order valence-corrected chi connectivity index (χ1v) is 13.7. The molecule has 5 rings (SSSR count). The van der Waals surface area contributed by atoms with Gasteiger partial charge in [-0.1, -0.05) is 33.6 Å². The smallest absolute Gasteiger partial charge is 0.294 e. The van der Waals surface area contributed by atoms with Crippen molar-refractivity contribution < 1.29 is 23.5 Å². The lowest BCUT2D eigenvalue weighted by molar-refractivity contribution is -0.127. The van der Waals surface area contributed by atoms with Crippen LogP contribution in [0.2, 0.25) is 0 Å². The molecule has 3 amide bonds. The highest BCUT2D eigenvalue weighted by Gasteiger charge is 2.36. The van der Waals surface area contributed by atoms with Crippen LogP contribution in [-0.2, 0) is 16.1 Å². The summed E-state index contributed by atoms with van der Waals surface area (Å²) < 4.78 is 21.9. The Morgan fingerprint density at radius 1 is 1.08 bits per heavy atom. The topological polar surface area (TPSA) is 80.6 Å². The monoisotopic (exact) mass is 607 g/mol. The molecule has 10 heteroatoms. The van der Waals surface area contributed by atoms with Crippen LogP contribution in [-0.4, -0.2) is 39.7 Å². The molecule has 0 radical (unpaired) electrons. The van der Waals surface area contributed by atoms with Crippen molar-refractivity contribution in [3.63, 3.8) is 0 Å². The summed E-state index contributed by atoms with van der Waals surface area (Å²) in [5.74, 6) is -0.745. The number of halogens is 2. The van der Waals surface area contributed by atoms with Gasteiger partial charge in [0.15, 0.2) is 0 Å². The van der Waals surface area contributed by atoms with Gasteiger partial charge in [-0.05, 0) is 79.4 Å². The largest absolute Gasteiger partial charge is 0.492 e. The standard InChI is InChI=1S/C29H23BrFN3O4S/c1-18-2-9-23(10-3-18)38-13-12-33-16-19(24-15-20(30)4-11-25(24)33)14-26-28(36)34(29(37)39-26)17-27(35)32-22-7-5-21(31)6-8-22/h2-11,14-16H,12-13,17H2,1H3,(H,32,35)/b26-14-. The second kappa shape index (κ2) is 11.5. The molecule has 0 saturated carbocycles. The van der Waals surface area contributed by atoms with E-state index in [1.165, 1.54) is 24.3 Å².